The maximum Gasteiger partial charge on any atom is 0.223 e. The molecule has 0 aliphatic rings. The lowest BCUT2D eigenvalue weighted by atomic mass is 10.1. The molecule has 0 aliphatic heterocycles. The quantitative estimate of drug-likeness (QED) is 0.893. The van der Waals surface area contributed by atoms with Gasteiger partial charge in [-0.2, -0.15) is 0 Å². The van der Waals surface area contributed by atoms with E-state index in [0.29, 0.717) is 17.9 Å². The van der Waals surface area contributed by atoms with Gasteiger partial charge in [0, 0.05) is 24.6 Å². The summed E-state index contributed by atoms with van der Waals surface area (Å²) >= 11 is 0. The molecule has 2 aromatic rings. The van der Waals surface area contributed by atoms with Crippen molar-refractivity contribution in [3.8, 4) is 11.4 Å². The molecule has 0 aromatic carbocycles. The molecule has 2 aromatic heterocycles. The lowest BCUT2D eigenvalue weighted by Gasteiger charge is -2.17. The van der Waals surface area contributed by atoms with Crippen LogP contribution in [0.5, 0.6) is 0 Å². The molecule has 1 atom stereocenters. The summed E-state index contributed by atoms with van der Waals surface area (Å²) in [5, 5.41) is 3.28. The number of anilines is 1. The summed E-state index contributed by atoms with van der Waals surface area (Å²) in [6.07, 6.45) is 6.72. The predicted octanol–water partition coefficient (Wildman–Crippen LogP) is 2.39. The fourth-order valence-electron chi connectivity index (χ4n) is 1.37. The average Bonchev–Trinajstić information content (AvgIpc) is 2.40. The number of rotatable bonds is 4. The van der Waals surface area contributed by atoms with Crippen LogP contribution in [-0.4, -0.2) is 26.0 Å². The van der Waals surface area contributed by atoms with E-state index in [1.807, 2.05) is 6.07 Å². The number of hydrogen-bond acceptors (Lipinski definition) is 5. The molecule has 2 rings (SSSR count). The zero-order chi connectivity index (χ0) is 13.0. The SMILES string of the molecule is CC(C)C(C)Nc1nccc(-c2cnccn2)n1. The summed E-state index contributed by atoms with van der Waals surface area (Å²) < 4.78 is 0. The zero-order valence-corrected chi connectivity index (χ0v) is 10.8. The Morgan fingerprint density at radius 2 is 1.83 bits per heavy atom. The Morgan fingerprint density at radius 1 is 1.00 bits per heavy atom. The summed E-state index contributed by atoms with van der Waals surface area (Å²) in [5.74, 6) is 1.15. The molecule has 0 radical (unpaired) electrons. The summed E-state index contributed by atoms with van der Waals surface area (Å²) in [5.41, 5.74) is 1.52. The largest absolute Gasteiger partial charge is 0.351 e. The van der Waals surface area contributed by atoms with E-state index in [0.717, 1.165) is 11.4 Å². The molecule has 0 saturated carbocycles. The third kappa shape index (κ3) is 3.00. The van der Waals surface area contributed by atoms with Gasteiger partial charge in [-0.1, -0.05) is 13.8 Å². The first-order valence-corrected chi connectivity index (χ1v) is 6.03. The monoisotopic (exact) mass is 243 g/mol. The van der Waals surface area contributed by atoms with Crippen LogP contribution < -0.4 is 5.32 Å². The third-order valence-corrected chi connectivity index (χ3v) is 2.84. The smallest absolute Gasteiger partial charge is 0.223 e. The fraction of sp³-hybridized carbons (Fsp3) is 0.385. The van der Waals surface area contributed by atoms with Crippen molar-refractivity contribution in [2.75, 3.05) is 5.32 Å². The molecule has 0 spiro atoms. The van der Waals surface area contributed by atoms with Gasteiger partial charge in [0.15, 0.2) is 0 Å². The van der Waals surface area contributed by atoms with Crippen molar-refractivity contribution >= 4 is 5.95 Å². The first-order chi connectivity index (χ1) is 8.66. The van der Waals surface area contributed by atoms with E-state index in [4.69, 9.17) is 0 Å². The van der Waals surface area contributed by atoms with E-state index in [9.17, 15) is 0 Å². The van der Waals surface area contributed by atoms with E-state index in [2.05, 4.69) is 46.0 Å². The van der Waals surface area contributed by atoms with Gasteiger partial charge in [-0.15, -0.1) is 0 Å². The molecule has 2 heterocycles. The van der Waals surface area contributed by atoms with Crippen LogP contribution in [0.3, 0.4) is 0 Å². The highest BCUT2D eigenvalue weighted by Gasteiger charge is 2.09. The van der Waals surface area contributed by atoms with Crippen molar-refractivity contribution in [1.29, 1.82) is 0 Å². The number of nitrogens with zero attached hydrogens (tertiary/aromatic N) is 4. The molecule has 1 N–H and O–H groups in total. The number of hydrogen-bond donors (Lipinski definition) is 1. The van der Waals surface area contributed by atoms with Crippen LogP contribution in [0.25, 0.3) is 11.4 Å². The van der Waals surface area contributed by atoms with Crippen LogP contribution >= 0.6 is 0 Å². The molecule has 5 heteroatoms. The maximum atomic E-state index is 4.44. The van der Waals surface area contributed by atoms with Gasteiger partial charge < -0.3 is 5.32 Å². The molecular formula is C13H17N5. The van der Waals surface area contributed by atoms with Gasteiger partial charge in [0.2, 0.25) is 5.95 Å². The topological polar surface area (TPSA) is 63.6 Å². The second-order valence-corrected chi connectivity index (χ2v) is 4.53. The highest BCUT2D eigenvalue weighted by molar-refractivity contribution is 5.53. The van der Waals surface area contributed by atoms with E-state index in [1.165, 1.54) is 0 Å². The van der Waals surface area contributed by atoms with Crippen molar-refractivity contribution in [2.45, 2.75) is 26.8 Å². The first-order valence-electron chi connectivity index (χ1n) is 6.03. The van der Waals surface area contributed by atoms with Gasteiger partial charge in [0.25, 0.3) is 0 Å². The Morgan fingerprint density at radius 3 is 2.50 bits per heavy atom. The normalized spacial score (nSPS) is 12.4. The molecule has 0 bridgehead atoms. The Balaban J connectivity index is 2.21. The van der Waals surface area contributed by atoms with Crippen molar-refractivity contribution in [3.05, 3.63) is 30.9 Å². The van der Waals surface area contributed by atoms with E-state index in [-0.39, 0.29) is 0 Å². The highest BCUT2D eigenvalue weighted by Crippen LogP contribution is 2.14. The minimum absolute atomic E-state index is 0.321. The lowest BCUT2D eigenvalue weighted by Crippen LogP contribution is -2.22. The molecule has 0 fully saturated rings. The summed E-state index contributed by atoms with van der Waals surface area (Å²) in [7, 11) is 0. The Labute approximate surface area is 107 Å². The standard InChI is InChI=1S/C13H17N5/c1-9(2)10(3)17-13-16-5-4-11(18-13)12-8-14-6-7-15-12/h4-10H,1-3H3,(H,16,17,18). The third-order valence-electron chi connectivity index (χ3n) is 2.84. The molecule has 0 aliphatic carbocycles. The van der Waals surface area contributed by atoms with Gasteiger partial charge >= 0.3 is 0 Å². The van der Waals surface area contributed by atoms with E-state index in [1.54, 1.807) is 24.8 Å². The van der Waals surface area contributed by atoms with Crippen molar-refractivity contribution < 1.29 is 0 Å². The van der Waals surface area contributed by atoms with Crippen molar-refractivity contribution in [2.24, 2.45) is 5.92 Å². The van der Waals surface area contributed by atoms with Crippen LogP contribution in [0.4, 0.5) is 5.95 Å². The second kappa shape index (κ2) is 5.53. The Kier molecular flexibility index (Phi) is 3.82. The molecule has 0 amide bonds. The van der Waals surface area contributed by atoms with Crippen LogP contribution in [0, 0.1) is 5.92 Å². The zero-order valence-electron chi connectivity index (χ0n) is 10.8. The fourth-order valence-corrected chi connectivity index (χ4v) is 1.37. The summed E-state index contributed by atoms with van der Waals surface area (Å²) in [6, 6.07) is 2.15. The first kappa shape index (κ1) is 12.4. The van der Waals surface area contributed by atoms with Crippen LogP contribution in [0.15, 0.2) is 30.9 Å². The summed E-state index contributed by atoms with van der Waals surface area (Å²) in [4.78, 5) is 16.9. The molecule has 5 nitrogen and oxygen atoms in total. The van der Waals surface area contributed by atoms with Gasteiger partial charge in [0.1, 0.15) is 5.69 Å². The number of aromatic nitrogens is 4. The number of nitrogens with one attached hydrogen (secondary N) is 1. The molecule has 1 unspecified atom stereocenters. The van der Waals surface area contributed by atoms with E-state index < -0.39 is 0 Å². The second-order valence-electron chi connectivity index (χ2n) is 4.53. The molecule has 94 valence electrons. The average molecular weight is 243 g/mol. The van der Waals surface area contributed by atoms with Crippen molar-refractivity contribution in [1.82, 2.24) is 19.9 Å². The van der Waals surface area contributed by atoms with Crippen LogP contribution in [0.1, 0.15) is 20.8 Å². The van der Waals surface area contributed by atoms with Gasteiger partial charge in [0.05, 0.1) is 11.9 Å². The minimum Gasteiger partial charge on any atom is -0.351 e. The van der Waals surface area contributed by atoms with Gasteiger partial charge in [-0.3, -0.25) is 9.97 Å². The minimum atomic E-state index is 0.321. The molecule has 18 heavy (non-hydrogen) atoms. The predicted molar refractivity (Wildman–Crippen MR) is 71.0 cm³/mol. The molecule has 0 saturated heterocycles. The lowest BCUT2D eigenvalue weighted by molar-refractivity contribution is 0.556. The molecular weight excluding hydrogens is 226 g/mol. The van der Waals surface area contributed by atoms with E-state index >= 15 is 0 Å². The van der Waals surface area contributed by atoms with Crippen LogP contribution in [0.2, 0.25) is 0 Å². The Bertz CT molecular complexity index is 498. The van der Waals surface area contributed by atoms with Gasteiger partial charge in [-0.05, 0) is 18.9 Å². The van der Waals surface area contributed by atoms with Crippen LogP contribution in [-0.2, 0) is 0 Å². The highest BCUT2D eigenvalue weighted by atomic mass is 15.1. The summed E-state index contributed by atoms with van der Waals surface area (Å²) in [6.45, 7) is 6.43. The Hall–Kier alpha value is -2.04. The maximum absolute atomic E-state index is 4.44. The van der Waals surface area contributed by atoms with Crippen molar-refractivity contribution in [3.63, 3.8) is 0 Å². The van der Waals surface area contributed by atoms with Gasteiger partial charge in [-0.25, -0.2) is 9.97 Å².